The quantitative estimate of drug-likeness (QED) is 0.896. The number of phenols is 2. The molecule has 1 aliphatic rings. The second-order valence-electron chi connectivity index (χ2n) is 5.20. The fourth-order valence-corrected chi connectivity index (χ4v) is 2.70. The van der Waals surface area contributed by atoms with Crippen molar-refractivity contribution in [2.45, 2.75) is 6.10 Å². The van der Waals surface area contributed by atoms with E-state index in [1.54, 1.807) is 24.3 Å². The van der Waals surface area contributed by atoms with Crippen LogP contribution in [0.1, 0.15) is 17.2 Å². The fourth-order valence-electron chi connectivity index (χ4n) is 2.70. The molecular formula is C18H18O6. The van der Waals surface area contributed by atoms with E-state index in [9.17, 15) is 10.2 Å². The number of phenolic OH excluding ortho intramolecular Hbond substituents is 2. The van der Waals surface area contributed by atoms with Gasteiger partial charge in [0.15, 0.2) is 11.5 Å². The van der Waals surface area contributed by atoms with E-state index in [-0.39, 0.29) is 23.0 Å². The summed E-state index contributed by atoms with van der Waals surface area (Å²) in [5.41, 5.74) is 1.43. The molecule has 0 unspecified atom stereocenters. The molecule has 0 aromatic heterocycles. The monoisotopic (exact) mass is 330 g/mol. The zero-order valence-corrected chi connectivity index (χ0v) is 13.6. The average molecular weight is 330 g/mol. The van der Waals surface area contributed by atoms with Gasteiger partial charge in [-0.1, -0.05) is 6.08 Å². The minimum Gasteiger partial charge on any atom is -0.508 e. The van der Waals surface area contributed by atoms with Crippen LogP contribution in [0, 0.1) is 0 Å². The van der Waals surface area contributed by atoms with Gasteiger partial charge in [0.05, 0.1) is 21.3 Å². The molecule has 0 amide bonds. The van der Waals surface area contributed by atoms with Crippen LogP contribution in [0.4, 0.5) is 0 Å². The summed E-state index contributed by atoms with van der Waals surface area (Å²) in [7, 11) is 4.39. The molecule has 1 aliphatic heterocycles. The summed E-state index contributed by atoms with van der Waals surface area (Å²) in [6.45, 7) is 0. The lowest BCUT2D eigenvalue weighted by molar-refractivity contribution is 0.239. The van der Waals surface area contributed by atoms with Gasteiger partial charge in [-0.3, -0.25) is 0 Å². The highest BCUT2D eigenvalue weighted by Crippen LogP contribution is 2.49. The zero-order valence-electron chi connectivity index (χ0n) is 13.6. The molecule has 6 heteroatoms. The number of hydrogen-bond acceptors (Lipinski definition) is 6. The van der Waals surface area contributed by atoms with Crippen molar-refractivity contribution < 1.29 is 29.2 Å². The molecule has 0 saturated heterocycles. The second-order valence-corrected chi connectivity index (χ2v) is 5.20. The smallest absolute Gasteiger partial charge is 0.207 e. The third-order valence-corrected chi connectivity index (χ3v) is 3.84. The molecule has 6 nitrogen and oxygen atoms in total. The normalized spacial score (nSPS) is 15.4. The standard InChI is InChI=1S/C18H18O6/c1-21-15-9-12(17(22-2)18(23-3)16(15)20)14-6-4-10-8-11(19)5-7-13(10)24-14/h4-9,14,19-20H,1-3H3/t14-/m0/s1. The van der Waals surface area contributed by atoms with Crippen molar-refractivity contribution in [1.29, 1.82) is 0 Å². The van der Waals surface area contributed by atoms with Crippen LogP contribution in [-0.4, -0.2) is 31.5 Å². The summed E-state index contributed by atoms with van der Waals surface area (Å²) in [6, 6.07) is 6.53. The minimum atomic E-state index is -0.458. The highest BCUT2D eigenvalue weighted by atomic mass is 16.5. The van der Waals surface area contributed by atoms with Crippen LogP contribution >= 0.6 is 0 Å². The average Bonchev–Trinajstić information content (AvgIpc) is 2.60. The predicted molar refractivity (Wildman–Crippen MR) is 88.3 cm³/mol. The Morgan fingerprint density at radius 2 is 1.71 bits per heavy atom. The van der Waals surface area contributed by atoms with Gasteiger partial charge in [0.25, 0.3) is 0 Å². The van der Waals surface area contributed by atoms with Crippen molar-refractivity contribution in [1.82, 2.24) is 0 Å². The highest BCUT2D eigenvalue weighted by Gasteiger charge is 2.27. The van der Waals surface area contributed by atoms with Gasteiger partial charge in [-0.25, -0.2) is 0 Å². The lowest BCUT2D eigenvalue weighted by atomic mass is 10.0. The Balaban J connectivity index is 2.09. The van der Waals surface area contributed by atoms with E-state index in [2.05, 4.69) is 0 Å². The van der Waals surface area contributed by atoms with Gasteiger partial charge in [0.1, 0.15) is 17.6 Å². The molecule has 1 heterocycles. The number of hydrogen-bond donors (Lipinski definition) is 2. The van der Waals surface area contributed by atoms with Gasteiger partial charge in [0.2, 0.25) is 11.5 Å². The molecule has 2 N–H and O–H groups in total. The van der Waals surface area contributed by atoms with Gasteiger partial charge in [0, 0.05) is 11.1 Å². The number of aromatic hydroxyl groups is 2. The summed E-state index contributed by atoms with van der Waals surface area (Å²) in [6.07, 6.45) is 3.23. The van der Waals surface area contributed by atoms with Crippen LogP contribution in [0.25, 0.3) is 6.08 Å². The Kier molecular flexibility index (Phi) is 4.12. The molecule has 2 aromatic carbocycles. The number of fused-ring (bicyclic) bond motifs is 1. The topological polar surface area (TPSA) is 77.4 Å². The van der Waals surface area contributed by atoms with Crippen LogP contribution in [0.3, 0.4) is 0 Å². The van der Waals surface area contributed by atoms with Crippen molar-refractivity contribution >= 4 is 6.08 Å². The molecule has 2 aromatic rings. The van der Waals surface area contributed by atoms with Gasteiger partial charge >= 0.3 is 0 Å². The van der Waals surface area contributed by atoms with Crippen molar-refractivity contribution in [3.05, 3.63) is 41.5 Å². The van der Waals surface area contributed by atoms with Crippen molar-refractivity contribution in [3.63, 3.8) is 0 Å². The van der Waals surface area contributed by atoms with Crippen LogP contribution in [0.2, 0.25) is 0 Å². The molecule has 126 valence electrons. The van der Waals surface area contributed by atoms with Crippen LogP contribution in [-0.2, 0) is 0 Å². The summed E-state index contributed by atoms with van der Waals surface area (Å²) in [5.74, 6) is 1.48. The number of benzene rings is 2. The fraction of sp³-hybridized carbons (Fsp3) is 0.222. The van der Waals surface area contributed by atoms with E-state index >= 15 is 0 Å². The number of rotatable bonds is 4. The van der Waals surface area contributed by atoms with Crippen molar-refractivity contribution in [2.24, 2.45) is 0 Å². The molecule has 0 radical (unpaired) electrons. The third kappa shape index (κ3) is 2.56. The van der Waals surface area contributed by atoms with Gasteiger partial charge < -0.3 is 29.2 Å². The Morgan fingerprint density at radius 3 is 2.38 bits per heavy atom. The first-order chi connectivity index (χ1) is 11.6. The zero-order chi connectivity index (χ0) is 17.3. The molecule has 0 aliphatic carbocycles. The lowest BCUT2D eigenvalue weighted by Crippen LogP contribution is -2.11. The molecule has 24 heavy (non-hydrogen) atoms. The van der Waals surface area contributed by atoms with Gasteiger partial charge in [-0.05, 0) is 30.3 Å². The molecule has 1 atom stereocenters. The SMILES string of the molecule is COc1cc([C@@H]2C=Cc3cc(O)ccc3O2)c(OC)c(OC)c1O. The molecule has 0 bridgehead atoms. The lowest BCUT2D eigenvalue weighted by Gasteiger charge is -2.25. The largest absolute Gasteiger partial charge is 0.508 e. The summed E-state index contributed by atoms with van der Waals surface area (Å²) in [4.78, 5) is 0. The van der Waals surface area contributed by atoms with Crippen molar-refractivity contribution in [2.75, 3.05) is 21.3 Å². The predicted octanol–water partition coefficient (Wildman–Crippen LogP) is 3.27. The Labute approximate surface area is 139 Å². The van der Waals surface area contributed by atoms with Gasteiger partial charge in [-0.2, -0.15) is 0 Å². The Morgan fingerprint density at radius 1 is 0.958 bits per heavy atom. The second kappa shape index (κ2) is 6.23. The van der Waals surface area contributed by atoms with E-state index in [0.717, 1.165) is 5.56 Å². The van der Waals surface area contributed by atoms with E-state index < -0.39 is 6.10 Å². The van der Waals surface area contributed by atoms with E-state index in [4.69, 9.17) is 18.9 Å². The molecule has 0 saturated carbocycles. The van der Waals surface area contributed by atoms with Gasteiger partial charge in [-0.15, -0.1) is 0 Å². The molecule has 0 spiro atoms. The molecule has 3 rings (SSSR count). The van der Waals surface area contributed by atoms with E-state index in [0.29, 0.717) is 17.1 Å². The van der Waals surface area contributed by atoms with E-state index in [1.807, 2.05) is 12.2 Å². The first kappa shape index (κ1) is 15.9. The van der Waals surface area contributed by atoms with E-state index in [1.165, 1.54) is 21.3 Å². The molecular weight excluding hydrogens is 312 g/mol. The third-order valence-electron chi connectivity index (χ3n) is 3.84. The Hall–Kier alpha value is -3.02. The first-order valence-corrected chi connectivity index (χ1v) is 7.28. The minimum absolute atomic E-state index is 0.134. The summed E-state index contributed by atoms with van der Waals surface area (Å²) < 4.78 is 21.9. The maximum absolute atomic E-state index is 10.2. The summed E-state index contributed by atoms with van der Waals surface area (Å²) in [5, 5.41) is 19.7. The number of ether oxygens (including phenoxy) is 4. The maximum atomic E-state index is 10.2. The highest BCUT2D eigenvalue weighted by molar-refractivity contribution is 5.66. The Bertz CT molecular complexity index is 797. The number of methoxy groups -OCH3 is 3. The first-order valence-electron chi connectivity index (χ1n) is 7.28. The van der Waals surface area contributed by atoms with Crippen molar-refractivity contribution in [3.8, 4) is 34.5 Å². The van der Waals surface area contributed by atoms with Crippen LogP contribution < -0.4 is 18.9 Å². The molecule has 0 fully saturated rings. The van der Waals surface area contributed by atoms with Crippen LogP contribution in [0.5, 0.6) is 34.5 Å². The summed E-state index contributed by atoms with van der Waals surface area (Å²) >= 11 is 0. The van der Waals surface area contributed by atoms with Crippen LogP contribution in [0.15, 0.2) is 30.3 Å². The maximum Gasteiger partial charge on any atom is 0.207 e.